The second-order valence-electron chi connectivity index (χ2n) is 1.72. The van der Waals surface area contributed by atoms with Crippen molar-refractivity contribution < 1.29 is 14.3 Å². The summed E-state index contributed by atoms with van der Waals surface area (Å²) in [5, 5.41) is 7.96. The Balaban J connectivity index is 2.70. The zero-order valence-electron chi connectivity index (χ0n) is 4.15. The van der Waals surface area contributed by atoms with Crippen molar-refractivity contribution in [2.45, 2.75) is 12.8 Å². The second kappa shape index (κ2) is 1.58. The maximum absolute atomic E-state index is 12.0. The molecular weight excluding hydrogens is 111 g/mol. The molecule has 2 nitrogen and oxygen atoms in total. The van der Waals surface area contributed by atoms with Crippen LogP contribution < -0.4 is 0 Å². The summed E-state index contributed by atoms with van der Waals surface area (Å²) in [5.41, 5.74) is 0.442. The Hall–Kier alpha value is -0.860. The molecule has 0 aliphatic heterocycles. The number of carboxylic acid groups (broad SMARTS) is 1. The van der Waals surface area contributed by atoms with E-state index >= 15 is 0 Å². The van der Waals surface area contributed by atoms with Gasteiger partial charge >= 0.3 is 5.97 Å². The highest BCUT2D eigenvalue weighted by atomic mass is 19.1. The molecule has 8 heavy (non-hydrogen) atoms. The van der Waals surface area contributed by atoms with Crippen LogP contribution >= 0.6 is 0 Å². The summed E-state index contributed by atoms with van der Waals surface area (Å²) in [6, 6.07) is 0. The predicted molar refractivity (Wildman–Crippen MR) is 25.0 cm³/mol. The van der Waals surface area contributed by atoms with Gasteiger partial charge in [-0.25, -0.2) is 4.79 Å². The minimum absolute atomic E-state index is 0.442. The average molecular weight is 116 g/mol. The van der Waals surface area contributed by atoms with Crippen molar-refractivity contribution >= 4 is 5.97 Å². The van der Waals surface area contributed by atoms with Crippen molar-refractivity contribution in [3.8, 4) is 0 Å². The molecule has 1 aliphatic rings. The Kier molecular flexibility index (Phi) is 1.04. The summed E-state index contributed by atoms with van der Waals surface area (Å²) >= 11 is 0. The fourth-order valence-corrected chi connectivity index (χ4v) is 0.433. The third-order valence-electron chi connectivity index (χ3n) is 0.998. The Morgan fingerprint density at radius 3 is 2.25 bits per heavy atom. The zero-order chi connectivity index (χ0) is 6.15. The van der Waals surface area contributed by atoms with Crippen LogP contribution in [0.2, 0.25) is 0 Å². The highest BCUT2D eigenvalue weighted by molar-refractivity contribution is 5.85. The van der Waals surface area contributed by atoms with Gasteiger partial charge in [0.25, 0.3) is 0 Å². The standard InChI is InChI=1S/C5H5FO2/c6-4(5(7)8)3-1-2-3/h1-2H2,(H,7,8). The molecule has 3 heteroatoms. The van der Waals surface area contributed by atoms with Crippen LogP contribution in [-0.2, 0) is 4.79 Å². The molecule has 0 atom stereocenters. The third kappa shape index (κ3) is 0.857. The predicted octanol–water partition coefficient (Wildman–Crippen LogP) is 1.09. The minimum Gasteiger partial charge on any atom is -0.476 e. The van der Waals surface area contributed by atoms with E-state index in [0.29, 0.717) is 18.4 Å². The lowest BCUT2D eigenvalue weighted by molar-refractivity contribution is -0.134. The van der Waals surface area contributed by atoms with E-state index in [0.717, 1.165) is 0 Å². The highest BCUT2D eigenvalue weighted by Crippen LogP contribution is 2.31. The SMILES string of the molecule is O=C(O)C(F)=C1CC1. The number of halogens is 1. The fourth-order valence-electron chi connectivity index (χ4n) is 0.433. The molecular formula is C5H5FO2. The largest absolute Gasteiger partial charge is 0.476 e. The fraction of sp³-hybridized carbons (Fsp3) is 0.400. The molecule has 0 aromatic heterocycles. The van der Waals surface area contributed by atoms with Crippen molar-refractivity contribution in [3.05, 3.63) is 11.4 Å². The van der Waals surface area contributed by atoms with Gasteiger partial charge in [-0.15, -0.1) is 0 Å². The van der Waals surface area contributed by atoms with E-state index in [9.17, 15) is 9.18 Å². The first-order valence-electron chi connectivity index (χ1n) is 2.32. The summed E-state index contributed by atoms with van der Waals surface area (Å²) in [4.78, 5) is 9.75. The number of hydrogen-bond acceptors (Lipinski definition) is 1. The van der Waals surface area contributed by atoms with Gasteiger partial charge in [-0.2, -0.15) is 4.39 Å². The van der Waals surface area contributed by atoms with E-state index in [1.807, 2.05) is 0 Å². The van der Waals surface area contributed by atoms with Crippen molar-refractivity contribution in [2.75, 3.05) is 0 Å². The van der Waals surface area contributed by atoms with Gasteiger partial charge in [-0.05, 0) is 18.4 Å². The first kappa shape index (κ1) is 5.28. The molecule has 0 heterocycles. The molecule has 1 fully saturated rings. The first-order valence-corrected chi connectivity index (χ1v) is 2.32. The molecule has 0 saturated heterocycles. The van der Waals surface area contributed by atoms with Crippen molar-refractivity contribution in [3.63, 3.8) is 0 Å². The van der Waals surface area contributed by atoms with E-state index in [1.165, 1.54) is 0 Å². The van der Waals surface area contributed by atoms with Crippen LogP contribution in [-0.4, -0.2) is 11.1 Å². The number of carbonyl (C=O) groups is 1. The Morgan fingerprint density at radius 2 is 2.12 bits per heavy atom. The second-order valence-corrected chi connectivity index (χ2v) is 1.72. The lowest BCUT2D eigenvalue weighted by Gasteiger charge is -1.80. The van der Waals surface area contributed by atoms with E-state index in [-0.39, 0.29) is 0 Å². The number of aliphatic carboxylic acids is 1. The third-order valence-corrected chi connectivity index (χ3v) is 0.998. The summed E-state index contributed by atoms with van der Waals surface area (Å²) in [7, 11) is 0. The quantitative estimate of drug-likeness (QED) is 0.520. The van der Waals surface area contributed by atoms with E-state index < -0.39 is 11.8 Å². The lowest BCUT2D eigenvalue weighted by atomic mass is 10.5. The average Bonchev–Trinajstić information content (AvgIpc) is 2.43. The number of carboxylic acids is 1. The van der Waals surface area contributed by atoms with Gasteiger partial charge in [0.2, 0.25) is 5.83 Å². The maximum Gasteiger partial charge on any atom is 0.364 e. The van der Waals surface area contributed by atoms with Gasteiger partial charge in [0.15, 0.2) is 0 Å². The van der Waals surface area contributed by atoms with Gasteiger partial charge in [-0.1, -0.05) is 0 Å². The summed E-state index contributed by atoms with van der Waals surface area (Å²) in [6.07, 6.45) is 1.25. The van der Waals surface area contributed by atoms with Gasteiger partial charge in [0, 0.05) is 0 Å². The van der Waals surface area contributed by atoms with E-state index in [4.69, 9.17) is 5.11 Å². The van der Waals surface area contributed by atoms with Gasteiger partial charge < -0.3 is 5.11 Å². The van der Waals surface area contributed by atoms with Gasteiger partial charge in [-0.3, -0.25) is 0 Å². The Labute approximate surface area is 45.6 Å². The Morgan fingerprint density at radius 1 is 1.62 bits per heavy atom. The lowest BCUT2D eigenvalue weighted by Crippen LogP contribution is -1.93. The molecule has 0 bridgehead atoms. The van der Waals surface area contributed by atoms with E-state index in [1.54, 1.807) is 0 Å². The minimum atomic E-state index is -1.43. The van der Waals surface area contributed by atoms with Crippen LogP contribution in [0.1, 0.15) is 12.8 Å². The molecule has 1 saturated carbocycles. The molecule has 0 aromatic carbocycles. The van der Waals surface area contributed by atoms with Crippen LogP contribution in [0.4, 0.5) is 4.39 Å². The van der Waals surface area contributed by atoms with Crippen LogP contribution in [0.25, 0.3) is 0 Å². The molecule has 0 spiro atoms. The van der Waals surface area contributed by atoms with Crippen molar-refractivity contribution in [2.24, 2.45) is 0 Å². The van der Waals surface area contributed by atoms with Crippen molar-refractivity contribution in [1.82, 2.24) is 0 Å². The van der Waals surface area contributed by atoms with Crippen LogP contribution in [0.5, 0.6) is 0 Å². The molecule has 0 unspecified atom stereocenters. The molecule has 1 aliphatic carbocycles. The summed E-state index contributed by atoms with van der Waals surface area (Å²) in [5.74, 6) is -2.39. The van der Waals surface area contributed by atoms with E-state index in [2.05, 4.69) is 0 Å². The van der Waals surface area contributed by atoms with Crippen LogP contribution in [0, 0.1) is 0 Å². The summed E-state index contributed by atoms with van der Waals surface area (Å²) < 4.78 is 12.0. The van der Waals surface area contributed by atoms with Gasteiger partial charge in [0.05, 0.1) is 0 Å². The monoisotopic (exact) mass is 116 g/mol. The van der Waals surface area contributed by atoms with Crippen LogP contribution in [0.3, 0.4) is 0 Å². The Bertz CT molecular complexity index is 154. The number of rotatable bonds is 1. The molecule has 1 N–H and O–H groups in total. The molecule has 1 rings (SSSR count). The smallest absolute Gasteiger partial charge is 0.364 e. The first-order chi connectivity index (χ1) is 3.72. The van der Waals surface area contributed by atoms with Crippen LogP contribution in [0.15, 0.2) is 11.4 Å². The maximum atomic E-state index is 12.0. The van der Waals surface area contributed by atoms with Gasteiger partial charge in [0.1, 0.15) is 0 Å². The molecule has 0 aromatic rings. The highest BCUT2D eigenvalue weighted by Gasteiger charge is 2.22. The molecule has 44 valence electrons. The number of allylic oxidation sites excluding steroid dienone is 1. The zero-order valence-corrected chi connectivity index (χ0v) is 4.15. The molecule has 0 radical (unpaired) electrons. The van der Waals surface area contributed by atoms with Crippen molar-refractivity contribution in [1.29, 1.82) is 0 Å². The number of hydrogen-bond donors (Lipinski definition) is 1. The normalized spacial score (nSPS) is 15.9. The summed E-state index contributed by atoms with van der Waals surface area (Å²) in [6.45, 7) is 0. The molecule has 0 amide bonds. The topological polar surface area (TPSA) is 37.3 Å².